The molecule has 1 aliphatic rings. The van der Waals surface area contributed by atoms with E-state index in [0.717, 1.165) is 48.0 Å². The first-order valence-corrected chi connectivity index (χ1v) is 7.11. The van der Waals surface area contributed by atoms with Crippen LogP contribution in [0.1, 0.15) is 35.3 Å². The van der Waals surface area contributed by atoms with Crippen LogP contribution in [0.25, 0.3) is 10.8 Å². The fraction of sp³-hybridized carbons (Fsp3) is 0.375. The number of carbonyl (C=O) groups excluding carboxylic acids is 1. The second-order valence-electron chi connectivity index (χ2n) is 5.40. The van der Waals surface area contributed by atoms with Gasteiger partial charge in [0.1, 0.15) is 5.69 Å². The van der Waals surface area contributed by atoms with Crippen LogP contribution in [0.15, 0.2) is 24.4 Å². The number of aromatic nitrogens is 1. The van der Waals surface area contributed by atoms with Crippen LogP contribution in [-0.4, -0.2) is 28.9 Å². The number of nitrogens with two attached hydrogens (primary N) is 1. The third-order valence-corrected chi connectivity index (χ3v) is 4.05. The smallest absolute Gasteiger partial charge is 0.273 e. The van der Waals surface area contributed by atoms with Crippen molar-refractivity contribution in [2.24, 2.45) is 0 Å². The molecule has 0 spiro atoms. The lowest BCUT2D eigenvalue weighted by atomic mass is 10.0. The molecule has 0 atom stereocenters. The van der Waals surface area contributed by atoms with Gasteiger partial charge in [0.2, 0.25) is 0 Å². The number of nitrogens with zero attached hydrogens (tertiary/aromatic N) is 2. The molecule has 0 radical (unpaired) electrons. The molecule has 0 saturated carbocycles. The molecule has 4 heteroatoms. The van der Waals surface area contributed by atoms with Crippen molar-refractivity contribution in [3.05, 3.63) is 35.7 Å². The molecule has 1 aromatic heterocycles. The van der Waals surface area contributed by atoms with E-state index in [-0.39, 0.29) is 5.91 Å². The highest BCUT2D eigenvalue weighted by molar-refractivity contribution is 6.08. The minimum atomic E-state index is 0.0264. The highest BCUT2D eigenvalue weighted by Gasteiger charge is 2.21. The molecule has 2 N–H and O–H groups in total. The van der Waals surface area contributed by atoms with Crippen molar-refractivity contribution in [2.75, 3.05) is 18.8 Å². The van der Waals surface area contributed by atoms with Gasteiger partial charge in [0, 0.05) is 35.7 Å². The number of rotatable bonds is 1. The summed E-state index contributed by atoms with van der Waals surface area (Å²) in [7, 11) is 0. The molecule has 20 heavy (non-hydrogen) atoms. The van der Waals surface area contributed by atoms with Crippen molar-refractivity contribution >= 4 is 22.4 Å². The number of likely N-dealkylation sites (tertiary alicyclic amines) is 1. The highest BCUT2D eigenvalue weighted by Crippen LogP contribution is 2.27. The van der Waals surface area contributed by atoms with E-state index in [2.05, 4.69) is 4.98 Å². The maximum absolute atomic E-state index is 12.6. The van der Waals surface area contributed by atoms with Crippen LogP contribution >= 0.6 is 0 Å². The van der Waals surface area contributed by atoms with Gasteiger partial charge in [0.25, 0.3) is 5.91 Å². The van der Waals surface area contributed by atoms with Gasteiger partial charge >= 0.3 is 0 Å². The number of piperidine rings is 1. The number of hydrogen-bond acceptors (Lipinski definition) is 3. The van der Waals surface area contributed by atoms with Crippen molar-refractivity contribution in [3.63, 3.8) is 0 Å². The molecule has 2 aromatic rings. The van der Waals surface area contributed by atoms with Crippen LogP contribution in [0.5, 0.6) is 0 Å². The molecule has 3 rings (SSSR count). The zero-order valence-corrected chi connectivity index (χ0v) is 11.7. The predicted octanol–water partition coefficient (Wildman–Crippen LogP) is 2.75. The molecule has 1 fully saturated rings. The van der Waals surface area contributed by atoms with Crippen LogP contribution in [-0.2, 0) is 0 Å². The first-order valence-electron chi connectivity index (χ1n) is 7.11. The third-order valence-electron chi connectivity index (χ3n) is 4.05. The molecule has 0 unspecified atom stereocenters. The standard InChI is InChI=1S/C16H19N3O/c1-11-5-6-13-12(14(11)17)7-8-18-15(13)16(20)19-9-3-2-4-10-19/h5-8H,2-4,9-10,17H2,1H3. The van der Waals surface area contributed by atoms with Gasteiger partial charge < -0.3 is 10.6 Å². The Morgan fingerprint density at radius 3 is 2.65 bits per heavy atom. The summed E-state index contributed by atoms with van der Waals surface area (Å²) in [5.74, 6) is 0.0264. The van der Waals surface area contributed by atoms with E-state index in [0.29, 0.717) is 5.69 Å². The maximum Gasteiger partial charge on any atom is 0.273 e. The summed E-state index contributed by atoms with van der Waals surface area (Å²) in [6.45, 7) is 3.64. The Morgan fingerprint density at radius 2 is 1.90 bits per heavy atom. The van der Waals surface area contributed by atoms with Crippen LogP contribution < -0.4 is 5.73 Å². The number of amides is 1. The molecule has 1 aromatic carbocycles. The van der Waals surface area contributed by atoms with E-state index in [1.807, 2.05) is 30.0 Å². The molecule has 0 aliphatic carbocycles. The van der Waals surface area contributed by atoms with E-state index in [9.17, 15) is 4.79 Å². The van der Waals surface area contributed by atoms with Gasteiger partial charge in [-0.05, 0) is 37.8 Å². The lowest BCUT2D eigenvalue weighted by Crippen LogP contribution is -2.36. The van der Waals surface area contributed by atoms with E-state index in [1.165, 1.54) is 6.42 Å². The number of pyridine rings is 1. The molecule has 0 bridgehead atoms. The molecule has 1 aliphatic heterocycles. The molecule has 2 heterocycles. The van der Waals surface area contributed by atoms with Gasteiger partial charge in [-0.1, -0.05) is 12.1 Å². The van der Waals surface area contributed by atoms with Gasteiger partial charge in [0.05, 0.1) is 0 Å². The first kappa shape index (κ1) is 12.9. The summed E-state index contributed by atoms with van der Waals surface area (Å²) >= 11 is 0. The Kier molecular flexibility index (Phi) is 3.30. The Morgan fingerprint density at radius 1 is 1.15 bits per heavy atom. The van der Waals surface area contributed by atoms with Gasteiger partial charge in [-0.2, -0.15) is 0 Å². The number of aryl methyl sites for hydroxylation is 1. The summed E-state index contributed by atoms with van der Waals surface area (Å²) in [5.41, 5.74) is 8.40. The number of fused-ring (bicyclic) bond motifs is 1. The largest absolute Gasteiger partial charge is 0.398 e. The van der Waals surface area contributed by atoms with E-state index in [4.69, 9.17) is 5.73 Å². The predicted molar refractivity (Wildman–Crippen MR) is 80.6 cm³/mol. The summed E-state index contributed by atoms with van der Waals surface area (Å²) in [6.07, 6.45) is 5.05. The minimum Gasteiger partial charge on any atom is -0.398 e. The van der Waals surface area contributed by atoms with Gasteiger partial charge in [-0.3, -0.25) is 9.78 Å². The van der Waals surface area contributed by atoms with Gasteiger partial charge in [0.15, 0.2) is 0 Å². The quantitative estimate of drug-likeness (QED) is 0.810. The Hall–Kier alpha value is -2.10. The molecule has 104 valence electrons. The SMILES string of the molecule is Cc1ccc2c(C(=O)N3CCCCC3)nccc2c1N. The number of carbonyl (C=O) groups is 1. The van der Waals surface area contributed by atoms with Crippen molar-refractivity contribution in [1.29, 1.82) is 0 Å². The number of benzene rings is 1. The second-order valence-corrected chi connectivity index (χ2v) is 5.40. The highest BCUT2D eigenvalue weighted by atomic mass is 16.2. The average molecular weight is 269 g/mol. The topological polar surface area (TPSA) is 59.2 Å². The molecular formula is C16H19N3O. The molecule has 1 saturated heterocycles. The average Bonchev–Trinajstić information content (AvgIpc) is 2.51. The number of nitrogen functional groups attached to an aromatic ring is 1. The molecule has 4 nitrogen and oxygen atoms in total. The minimum absolute atomic E-state index is 0.0264. The Balaban J connectivity index is 2.07. The van der Waals surface area contributed by atoms with E-state index < -0.39 is 0 Å². The lowest BCUT2D eigenvalue weighted by Gasteiger charge is -2.26. The van der Waals surface area contributed by atoms with Crippen LogP contribution in [0.4, 0.5) is 5.69 Å². The van der Waals surface area contributed by atoms with E-state index in [1.54, 1.807) is 6.20 Å². The van der Waals surface area contributed by atoms with Gasteiger partial charge in [-0.15, -0.1) is 0 Å². The zero-order valence-electron chi connectivity index (χ0n) is 11.7. The van der Waals surface area contributed by atoms with Crippen molar-refractivity contribution in [2.45, 2.75) is 26.2 Å². The Bertz CT molecular complexity index is 660. The van der Waals surface area contributed by atoms with Crippen LogP contribution in [0.3, 0.4) is 0 Å². The maximum atomic E-state index is 12.6. The third kappa shape index (κ3) is 2.11. The summed E-state index contributed by atoms with van der Waals surface area (Å²) in [5, 5.41) is 1.77. The normalized spacial score (nSPS) is 15.6. The van der Waals surface area contributed by atoms with Crippen LogP contribution in [0, 0.1) is 6.92 Å². The number of hydrogen-bond donors (Lipinski definition) is 1. The van der Waals surface area contributed by atoms with Gasteiger partial charge in [-0.25, -0.2) is 0 Å². The molecular weight excluding hydrogens is 250 g/mol. The first-order chi connectivity index (χ1) is 9.68. The fourth-order valence-electron chi connectivity index (χ4n) is 2.80. The fourth-order valence-corrected chi connectivity index (χ4v) is 2.80. The number of anilines is 1. The monoisotopic (exact) mass is 269 g/mol. The Labute approximate surface area is 118 Å². The zero-order chi connectivity index (χ0) is 14.1. The molecule has 1 amide bonds. The van der Waals surface area contributed by atoms with E-state index >= 15 is 0 Å². The summed E-state index contributed by atoms with van der Waals surface area (Å²) < 4.78 is 0. The van der Waals surface area contributed by atoms with Crippen molar-refractivity contribution < 1.29 is 4.79 Å². The van der Waals surface area contributed by atoms with Crippen molar-refractivity contribution in [3.8, 4) is 0 Å². The lowest BCUT2D eigenvalue weighted by molar-refractivity contribution is 0.0720. The summed E-state index contributed by atoms with van der Waals surface area (Å²) in [4.78, 5) is 18.8. The van der Waals surface area contributed by atoms with Crippen molar-refractivity contribution in [1.82, 2.24) is 9.88 Å². The summed E-state index contributed by atoms with van der Waals surface area (Å²) in [6, 6.07) is 5.78. The van der Waals surface area contributed by atoms with Crippen LogP contribution in [0.2, 0.25) is 0 Å². The second kappa shape index (κ2) is 5.12.